The Hall–Kier alpha value is -1.79. The Morgan fingerprint density at radius 2 is 2.26 bits per heavy atom. The van der Waals surface area contributed by atoms with Crippen molar-refractivity contribution in [3.05, 3.63) is 30.0 Å². The lowest BCUT2D eigenvalue weighted by Crippen LogP contribution is -1.99. The highest BCUT2D eigenvalue weighted by atomic mass is 32.1. The molecule has 0 saturated heterocycles. The number of benzene rings is 1. The Morgan fingerprint density at radius 1 is 1.37 bits per heavy atom. The normalized spacial score (nSPS) is 11.3. The van der Waals surface area contributed by atoms with Gasteiger partial charge in [-0.15, -0.1) is 5.10 Å². The van der Waals surface area contributed by atoms with E-state index in [0.29, 0.717) is 6.54 Å². The van der Waals surface area contributed by atoms with Crippen LogP contribution in [0.25, 0.3) is 21.7 Å². The molecular weight excluding hydrogens is 258 g/mol. The summed E-state index contributed by atoms with van der Waals surface area (Å²) in [5.41, 5.74) is 8.91. The van der Waals surface area contributed by atoms with E-state index in [0.717, 1.165) is 40.3 Å². The number of imidazole rings is 1. The Morgan fingerprint density at radius 3 is 2.95 bits per heavy atom. The van der Waals surface area contributed by atoms with Crippen LogP contribution in [0, 0.1) is 0 Å². The van der Waals surface area contributed by atoms with Crippen LogP contribution in [0.3, 0.4) is 0 Å². The van der Waals surface area contributed by atoms with Crippen LogP contribution in [0.4, 0.5) is 0 Å². The van der Waals surface area contributed by atoms with Gasteiger partial charge in [-0.1, -0.05) is 17.5 Å². The Bertz CT molecular complexity index is 686. The van der Waals surface area contributed by atoms with Gasteiger partial charge in [0.05, 0.1) is 17.2 Å². The van der Waals surface area contributed by atoms with Crippen molar-refractivity contribution in [2.75, 3.05) is 0 Å². The molecule has 2 aromatic heterocycles. The molecule has 0 amide bonds. The summed E-state index contributed by atoms with van der Waals surface area (Å²) >= 11 is 1.37. The van der Waals surface area contributed by atoms with Gasteiger partial charge in [0, 0.05) is 13.1 Å². The van der Waals surface area contributed by atoms with Gasteiger partial charge >= 0.3 is 0 Å². The number of rotatable bonds is 4. The lowest BCUT2D eigenvalue weighted by molar-refractivity contribution is 0.705. The average Bonchev–Trinajstić information content (AvgIpc) is 3.06. The Kier molecular flexibility index (Phi) is 3.27. The number of hydrogen-bond donors (Lipinski definition) is 1. The van der Waals surface area contributed by atoms with E-state index in [-0.39, 0.29) is 0 Å². The molecule has 0 bridgehead atoms. The quantitative estimate of drug-likeness (QED) is 0.792. The molecule has 2 N–H and O–H groups in total. The van der Waals surface area contributed by atoms with Crippen LogP contribution in [0.1, 0.15) is 18.9 Å². The second kappa shape index (κ2) is 5.07. The Balaban J connectivity index is 2.22. The highest BCUT2D eigenvalue weighted by Crippen LogP contribution is 2.27. The van der Waals surface area contributed by atoms with Crippen LogP contribution in [-0.4, -0.2) is 19.1 Å². The van der Waals surface area contributed by atoms with Crippen molar-refractivity contribution in [2.45, 2.75) is 26.4 Å². The summed E-state index contributed by atoms with van der Waals surface area (Å²) in [4.78, 5) is 5.72. The third kappa shape index (κ3) is 2.13. The molecule has 0 saturated carbocycles. The van der Waals surface area contributed by atoms with Crippen LogP contribution in [0.5, 0.6) is 0 Å². The second-order valence-electron chi connectivity index (χ2n) is 4.40. The maximum Gasteiger partial charge on any atom is 0.154 e. The zero-order chi connectivity index (χ0) is 13.2. The van der Waals surface area contributed by atoms with Crippen molar-refractivity contribution in [2.24, 2.45) is 5.73 Å². The van der Waals surface area contributed by atoms with Crippen LogP contribution >= 0.6 is 11.5 Å². The van der Waals surface area contributed by atoms with Gasteiger partial charge in [0.15, 0.2) is 5.82 Å². The van der Waals surface area contributed by atoms with Crippen molar-refractivity contribution in [3.63, 3.8) is 0 Å². The van der Waals surface area contributed by atoms with Crippen molar-refractivity contribution in [1.29, 1.82) is 0 Å². The summed E-state index contributed by atoms with van der Waals surface area (Å²) in [6, 6.07) is 6.21. The summed E-state index contributed by atoms with van der Waals surface area (Å²) in [6.07, 6.45) is 2.82. The lowest BCUT2D eigenvalue weighted by atomic mass is 10.2. The van der Waals surface area contributed by atoms with Gasteiger partial charge in [-0.3, -0.25) is 0 Å². The first-order valence-corrected chi connectivity index (χ1v) is 7.07. The fourth-order valence-corrected chi connectivity index (χ4v) is 2.72. The van der Waals surface area contributed by atoms with E-state index in [1.165, 1.54) is 11.5 Å². The molecule has 0 aliphatic rings. The maximum atomic E-state index is 5.69. The van der Waals surface area contributed by atoms with E-state index >= 15 is 0 Å². The molecule has 3 rings (SSSR count). The van der Waals surface area contributed by atoms with E-state index in [1.807, 2.05) is 0 Å². The summed E-state index contributed by atoms with van der Waals surface area (Å²) in [7, 11) is 0. The molecule has 19 heavy (non-hydrogen) atoms. The fourth-order valence-electron chi connectivity index (χ4n) is 2.21. The highest BCUT2D eigenvalue weighted by molar-refractivity contribution is 7.09. The van der Waals surface area contributed by atoms with Crippen LogP contribution in [0.15, 0.2) is 24.4 Å². The number of aromatic nitrogens is 4. The van der Waals surface area contributed by atoms with Crippen LogP contribution < -0.4 is 5.73 Å². The average molecular weight is 273 g/mol. The van der Waals surface area contributed by atoms with Crippen molar-refractivity contribution < 1.29 is 0 Å². The first-order chi connectivity index (χ1) is 9.33. The molecule has 0 unspecified atom stereocenters. The lowest BCUT2D eigenvalue weighted by Gasteiger charge is -2.05. The largest absolute Gasteiger partial charge is 0.326 e. The van der Waals surface area contributed by atoms with Crippen molar-refractivity contribution in [1.82, 2.24) is 19.1 Å². The first kappa shape index (κ1) is 12.3. The summed E-state index contributed by atoms with van der Waals surface area (Å²) in [5.74, 6) is 0.945. The number of fused-ring (bicyclic) bond motifs is 1. The van der Waals surface area contributed by atoms with Gasteiger partial charge in [-0.2, -0.15) is 0 Å². The smallest absolute Gasteiger partial charge is 0.154 e. The zero-order valence-corrected chi connectivity index (χ0v) is 11.5. The van der Waals surface area contributed by atoms with Gasteiger partial charge in [-0.25, -0.2) is 4.98 Å². The minimum Gasteiger partial charge on any atom is -0.326 e. The van der Waals surface area contributed by atoms with Gasteiger partial charge in [0.2, 0.25) is 0 Å². The number of nitrogens with two attached hydrogens (primary N) is 1. The number of nitrogens with zero attached hydrogens (tertiary/aromatic N) is 4. The second-order valence-corrected chi connectivity index (χ2v) is 5.18. The summed E-state index contributed by atoms with van der Waals surface area (Å²) in [6.45, 7) is 3.63. The minimum absolute atomic E-state index is 0.536. The molecule has 0 radical (unpaired) electrons. The minimum atomic E-state index is 0.536. The molecule has 0 spiro atoms. The Labute approximate surface area is 115 Å². The van der Waals surface area contributed by atoms with E-state index in [4.69, 9.17) is 10.7 Å². The molecule has 98 valence electrons. The van der Waals surface area contributed by atoms with E-state index < -0.39 is 0 Å². The van der Waals surface area contributed by atoms with E-state index in [9.17, 15) is 0 Å². The molecule has 1 aromatic carbocycles. The third-order valence-electron chi connectivity index (χ3n) is 3.08. The predicted molar refractivity (Wildman–Crippen MR) is 76.8 cm³/mol. The third-order valence-corrected chi connectivity index (χ3v) is 3.74. The SMILES string of the molecule is CCCn1c(-c2cnns2)nc2cc(CN)ccc21. The molecule has 6 heteroatoms. The summed E-state index contributed by atoms with van der Waals surface area (Å²) < 4.78 is 6.15. The highest BCUT2D eigenvalue weighted by Gasteiger charge is 2.14. The molecule has 5 nitrogen and oxygen atoms in total. The van der Waals surface area contributed by atoms with E-state index in [1.54, 1.807) is 6.20 Å². The molecule has 0 aliphatic heterocycles. The zero-order valence-electron chi connectivity index (χ0n) is 10.7. The van der Waals surface area contributed by atoms with Gasteiger partial charge in [-0.05, 0) is 35.6 Å². The first-order valence-electron chi connectivity index (χ1n) is 6.30. The molecule has 0 atom stereocenters. The molecule has 3 aromatic rings. The van der Waals surface area contributed by atoms with Gasteiger partial charge < -0.3 is 10.3 Å². The molecule has 0 aliphatic carbocycles. The number of aryl methyl sites for hydroxylation is 1. The molecule has 2 heterocycles. The molecule has 0 fully saturated rings. The number of hydrogen-bond acceptors (Lipinski definition) is 5. The fraction of sp³-hybridized carbons (Fsp3) is 0.308. The summed E-state index contributed by atoms with van der Waals surface area (Å²) in [5, 5.41) is 3.90. The standard InChI is InChI=1S/C13H15N5S/c1-2-5-18-11-4-3-9(7-14)6-10(11)16-13(18)12-8-15-17-19-12/h3-4,6,8H,2,5,7,14H2,1H3. The molecular formula is C13H15N5S. The van der Waals surface area contributed by atoms with Crippen molar-refractivity contribution in [3.8, 4) is 10.7 Å². The topological polar surface area (TPSA) is 69.6 Å². The van der Waals surface area contributed by atoms with Gasteiger partial charge in [0.1, 0.15) is 4.88 Å². The maximum absolute atomic E-state index is 5.69. The predicted octanol–water partition coefficient (Wildman–Crippen LogP) is 2.42. The van der Waals surface area contributed by atoms with Gasteiger partial charge in [0.25, 0.3) is 0 Å². The van der Waals surface area contributed by atoms with Crippen LogP contribution in [-0.2, 0) is 13.1 Å². The van der Waals surface area contributed by atoms with E-state index in [2.05, 4.69) is 39.3 Å². The van der Waals surface area contributed by atoms with Crippen molar-refractivity contribution >= 4 is 22.6 Å². The monoisotopic (exact) mass is 273 g/mol. The van der Waals surface area contributed by atoms with Crippen LogP contribution in [0.2, 0.25) is 0 Å².